The number of likely N-dealkylation sites (N-methyl/N-ethyl adjacent to an activating group) is 1. The summed E-state index contributed by atoms with van der Waals surface area (Å²) in [6.45, 7) is 5.22. The molecule has 12 atom stereocenters. The number of pyridine rings is 1. The van der Waals surface area contributed by atoms with Gasteiger partial charge in [-0.3, -0.25) is 14.7 Å². The highest BCUT2D eigenvalue weighted by atomic mass is 16.6. The van der Waals surface area contributed by atoms with Crippen molar-refractivity contribution in [2.24, 2.45) is 29.1 Å². The lowest BCUT2D eigenvalue weighted by Crippen LogP contribution is -2.82. The van der Waals surface area contributed by atoms with Crippen molar-refractivity contribution < 1.29 is 38.7 Å². The van der Waals surface area contributed by atoms with Gasteiger partial charge in [-0.05, 0) is 87.4 Å². The van der Waals surface area contributed by atoms with Crippen molar-refractivity contribution in [1.29, 1.82) is 0 Å². The third-order valence-electron chi connectivity index (χ3n) is 14.1. The minimum atomic E-state index is -1.52. The Morgan fingerprint density at radius 3 is 2.59 bits per heavy atom. The molecule has 11 heteroatoms. The number of rotatable bonds is 9. The summed E-state index contributed by atoms with van der Waals surface area (Å²) in [5, 5.41) is 29.2. The van der Waals surface area contributed by atoms with Gasteiger partial charge in [-0.1, -0.05) is 19.1 Å². The van der Waals surface area contributed by atoms with Crippen molar-refractivity contribution in [2.75, 3.05) is 39.7 Å². The molecule has 1 spiro atoms. The Kier molecular flexibility index (Phi) is 8.52. The molecular formula is C40H51N3O8. The van der Waals surface area contributed by atoms with Crippen molar-refractivity contribution in [2.45, 2.75) is 93.5 Å². The average molecular weight is 702 g/mol. The number of hydrogen-bond donors (Lipinski definition) is 3. The summed E-state index contributed by atoms with van der Waals surface area (Å²) in [5.41, 5.74) is -2.13. The number of fused-ring (bicyclic) bond motifs is 2. The molecule has 5 aliphatic carbocycles. The van der Waals surface area contributed by atoms with Crippen LogP contribution < -0.4 is 5.32 Å². The zero-order valence-electron chi connectivity index (χ0n) is 30.2. The number of nitrogens with zero attached hydrogens (tertiary/aromatic N) is 2. The number of ether oxygens (including phenoxy) is 4. The Hall–Kier alpha value is -3.19. The van der Waals surface area contributed by atoms with E-state index in [1.807, 2.05) is 19.1 Å². The second-order valence-corrected chi connectivity index (χ2v) is 16.0. The Balaban J connectivity index is 1.16. The van der Waals surface area contributed by atoms with E-state index in [4.69, 9.17) is 18.9 Å². The van der Waals surface area contributed by atoms with Gasteiger partial charge in [-0.25, -0.2) is 4.79 Å². The molecule has 274 valence electrons. The van der Waals surface area contributed by atoms with E-state index in [1.54, 1.807) is 57.9 Å². The van der Waals surface area contributed by atoms with Gasteiger partial charge in [0.15, 0.2) is 0 Å². The van der Waals surface area contributed by atoms with Gasteiger partial charge in [0.2, 0.25) is 5.91 Å². The van der Waals surface area contributed by atoms with E-state index in [2.05, 4.69) is 22.1 Å². The first-order chi connectivity index (χ1) is 24.5. The molecule has 8 rings (SSSR count). The van der Waals surface area contributed by atoms with Crippen molar-refractivity contribution in [3.63, 3.8) is 0 Å². The Morgan fingerprint density at radius 2 is 1.86 bits per heavy atom. The van der Waals surface area contributed by atoms with Crippen LogP contribution in [0.5, 0.6) is 0 Å². The largest absolute Gasteiger partial charge is 0.454 e. The van der Waals surface area contributed by atoms with E-state index in [1.165, 1.54) is 6.08 Å². The molecule has 1 aliphatic heterocycles. The summed E-state index contributed by atoms with van der Waals surface area (Å²) < 4.78 is 25.4. The standard InChI is InChI=1S/C40H51N3O8/c1-6-43-22-37(51-36(45)27-9-7-8-10-29(27)42-33(44)12-11-24-14-16-41-23(2)17-24)15-13-32(49-4)39-30(37)20-28(34(39)43)38(46)21-26(48-3)18-25-19-31(39)40(38,47)35(25)50-5/h7-12,14,16-17,25-26,28,30-32,34-35,46-47H,6,13,15,18-22H2,1-5H3,(H,42,44)/b12-11+/t25-,26+,28+,30+,31-,32-,34?,35-,37+,38-,39-,40-/m0/s1. The number of methoxy groups -OCH3 is 3. The van der Waals surface area contributed by atoms with E-state index in [0.717, 1.165) is 11.3 Å². The average Bonchev–Trinajstić information content (AvgIpc) is 3.52. The zero-order valence-corrected chi connectivity index (χ0v) is 30.2. The number of hydrogen-bond acceptors (Lipinski definition) is 10. The molecule has 11 nitrogen and oxygen atoms in total. The van der Waals surface area contributed by atoms with Crippen LogP contribution in [-0.4, -0.2) is 108 Å². The maximum absolute atomic E-state index is 14.5. The monoisotopic (exact) mass is 701 g/mol. The first kappa shape index (κ1) is 34.9. The highest BCUT2D eigenvalue weighted by Crippen LogP contribution is 2.78. The number of aryl methyl sites for hydroxylation is 1. The number of aliphatic hydroxyl groups is 2. The van der Waals surface area contributed by atoms with Crippen molar-refractivity contribution >= 4 is 23.6 Å². The summed E-state index contributed by atoms with van der Waals surface area (Å²) >= 11 is 0. The zero-order chi connectivity index (χ0) is 35.9. The third kappa shape index (κ3) is 4.74. The number of carbonyl (C=O) groups is 2. The highest BCUT2D eigenvalue weighted by molar-refractivity contribution is 6.06. The van der Waals surface area contributed by atoms with Crippen LogP contribution >= 0.6 is 0 Å². The Morgan fingerprint density at radius 1 is 1.06 bits per heavy atom. The fourth-order valence-corrected chi connectivity index (χ4v) is 12.6. The number of likely N-dealkylation sites (tertiary alicyclic amines) is 1. The molecule has 1 aromatic carbocycles. The second kappa shape index (κ2) is 12.5. The van der Waals surface area contributed by atoms with E-state index in [9.17, 15) is 19.8 Å². The molecule has 7 bridgehead atoms. The lowest BCUT2D eigenvalue weighted by atomic mass is 9.43. The maximum atomic E-state index is 14.5. The molecule has 1 unspecified atom stereocenters. The van der Waals surface area contributed by atoms with Crippen molar-refractivity contribution in [3.05, 3.63) is 65.5 Å². The quantitative estimate of drug-likeness (QED) is 0.260. The molecule has 2 heterocycles. The van der Waals surface area contributed by atoms with Gasteiger partial charge in [0.1, 0.15) is 16.8 Å². The molecule has 6 fully saturated rings. The van der Waals surface area contributed by atoms with E-state index < -0.39 is 34.3 Å². The molecule has 1 amide bonds. The van der Waals surface area contributed by atoms with Crippen LogP contribution in [0.4, 0.5) is 5.69 Å². The minimum absolute atomic E-state index is 0.00277. The number of carbonyl (C=O) groups excluding carboxylic acids is 2. The lowest BCUT2D eigenvalue weighted by molar-refractivity contribution is -0.328. The summed E-state index contributed by atoms with van der Waals surface area (Å²) in [4.78, 5) is 34.2. The van der Waals surface area contributed by atoms with Gasteiger partial charge in [0.25, 0.3) is 0 Å². The number of esters is 1. The van der Waals surface area contributed by atoms with Gasteiger partial charge in [0, 0.05) is 81.5 Å². The van der Waals surface area contributed by atoms with Crippen LogP contribution in [0, 0.1) is 36.0 Å². The van der Waals surface area contributed by atoms with Crippen LogP contribution in [0.15, 0.2) is 48.7 Å². The molecule has 2 aromatic rings. The number of benzene rings is 1. The number of para-hydroxylation sites is 1. The Labute approximate surface area is 299 Å². The predicted molar refractivity (Wildman–Crippen MR) is 189 cm³/mol. The highest BCUT2D eigenvalue weighted by Gasteiger charge is 2.88. The van der Waals surface area contributed by atoms with Crippen LogP contribution in [0.25, 0.3) is 6.08 Å². The molecule has 1 aromatic heterocycles. The van der Waals surface area contributed by atoms with Crippen molar-refractivity contribution in [3.8, 4) is 0 Å². The minimum Gasteiger partial charge on any atom is -0.454 e. The van der Waals surface area contributed by atoms with Gasteiger partial charge in [-0.2, -0.15) is 0 Å². The molecule has 6 aliphatic rings. The number of nitrogens with one attached hydrogen (secondary N) is 1. The molecule has 51 heavy (non-hydrogen) atoms. The number of anilines is 1. The first-order valence-electron chi connectivity index (χ1n) is 18.5. The van der Waals surface area contributed by atoms with Gasteiger partial charge in [0.05, 0.1) is 29.6 Å². The van der Waals surface area contributed by atoms with Crippen LogP contribution in [0.1, 0.15) is 67.1 Å². The van der Waals surface area contributed by atoms with E-state index in [0.29, 0.717) is 57.3 Å². The smallest absolute Gasteiger partial charge is 0.340 e. The number of piperidine rings is 1. The fraction of sp³-hybridized carbons (Fsp3) is 0.625. The fourth-order valence-electron chi connectivity index (χ4n) is 12.6. The number of aromatic nitrogens is 1. The van der Waals surface area contributed by atoms with Gasteiger partial charge >= 0.3 is 5.97 Å². The van der Waals surface area contributed by atoms with Gasteiger partial charge < -0.3 is 34.5 Å². The summed E-state index contributed by atoms with van der Waals surface area (Å²) in [7, 11) is 5.09. The molecule has 3 N–H and O–H groups in total. The second-order valence-electron chi connectivity index (χ2n) is 16.0. The van der Waals surface area contributed by atoms with E-state index in [-0.39, 0.29) is 53.4 Å². The topological polar surface area (TPSA) is 140 Å². The van der Waals surface area contributed by atoms with Crippen LogP contribution in [-0.2, 0) is 23.7 Å². The summed E-state index contributed by atoms with van der Waals surface area (Å²) in [6, 6.07) is 10.6. The third-order valence-corrected chi connectivity index (χ3v) is 14.1. The Bertz CT molecular complexity index is 1740. The molecular weight excluding hydrogens is 650 g/mol. The number of amides is 1. The summed E-state index contributed by atoms with van der Waals surface area (Å²) in [5.74, 6) is -1.69. The SMILES string of the molecule is CCN1C[C@]2(OC(=O)c3ccccc3NC(=O)/C=C/c3ccnc(C)c3)CC[C@H](OC)[C@]34C1[C@@H](C[C@H]23)[C@@]1(O)C[C@H](OC)C[C@H]2C[C@@H]4[C@]1(O)[C@H]2OC. The van der Waals surface area contributed by atoms with E-state index >= 15 is 0 Å². The van der Waals surface area contributed by atoms with Gasteiger partial charge in [-0.15, -0.1) is 0 Å². The normalized spacial score (nSPS) is 42.1. The predicted octanol–water partition coefficient (Wildman–Crippen LogP) is 4.01. The summed E-state index contributed by atoms with van der Waals surface area (Å²) in [6.07, 6.45) is 7.40. The molecule has 1 saturated heterocycles. The molecule has 5 saturated carbocycles. The lowest BCUT2D eigenvalue weighted by Gasteiger charge is -2.70. The van der Waals surface area contributed by atoms with Crippen LogP contribution in [0.3, 0.4) is 0 Å². The van der Waals surface area contributed by atoms with Crippen molar-refractivity contribution in [1.82, 2.24) is 9.88 Å². The maximum Gasteiger partial charge on any atom is 0.340 e. The van der Waals surface area contributed by atoms with Crippen LogP contribution in [0.2, 0.25) is 0 Å². The molecule has 0 radical (unpaired) electrons. The first-order valence-corrected chi connectivity index (χ1v) is 18.5.